The van der Waals surface area contributed by atoms with Crippen LogP contribution in [0, 0.1) is 0 Å². The molecule has 0 saturated carbocycles. The minimum Gasteiger partial charge on any atom is -0.497 e. The van der Waals surface area contributed by atoms with Gasteiger partial charge in [0.2, 0.25) is 0 Å². The Hall–Kier alpha value is -1.76. The first-order valence-electron chi connectivity index (χ1n) is 7.56. The van der Waals surface area contributed by atoms with Crippen LogP contribution in [0.4, 0.5) is 5.69 Å². The molecule has 23 heavy (non-hydrogen) atoms. The number of aryl methyl sites for hydroxylation is 2. The third-order valence-electron chi connectivity index (χ3n) is 3.96. The molecule has 3 rings (SSSR count). The molecule has 5 heteroatoms. The molecule has 3 N–H and O–H groups in total. The van der Waals surface area contributed by atoms with Crippen molar-refractivity contribution >= 4 is 35.6 Å². The average molecular weight is 423 g/mol. The summed E-state index contributed by atoms with van der Waals surface area (Å²) in [5.74, 6) is 1.28. The molecule has 0 amide bonds. The van der Waals surface area contributed by atoms with Crippen LogP contribution in [0.2, 0.25) is 0 Å². The Bertz CT molecular complexity index is 683. The van der Waals surface area contributed by atoms with Crippen LogP contribution in [0.15, 0.2) is 47.5 Å². The summed E-state index contributed by atoms with van der Waals surface area (Å²) < 4.78 is 5.14. The molecule has 1 aliphatic rings. The third kappa shape index (κ3) is 4.60. The van der Waals surface area contributed by atoms with Crippen LogP contribution in [0.5, 0.6) is 5.75 Å². The van der Waals surface area contributed by atoms with Gasteiger partial charge in [-0.25, -0.2) is 4.99 Å². The van der Waals surface area contributed by atoms with Crippen molar-refractivity contribution in [3.63, 3.8) is 0 Å². The number of ether oxygens (including phenoxy) is 1. The Balaban J connectivity index is 0.00000192. The third-order valence-corrected chi connectivity index (χ3v) is 3.96. The molecule has 0 radical (unpaired) electrons. The summed E-state index contributed by atoms with van der Waals surface area (Å²) in [7, 11) is 1.66. The van der Waals surface area contributed by atoms with E-state index in [1.165, 1.54) is 24.0 Å². The standard InChI is InChI=1S/C18H21N3O.HI/c1-22-17-9-5-13(6-10-17)12-20-18(19)21-16-8-7-14-3-2-4-15(14)11-16;/h5-11H,2-4,12H2,1H3,(H3,19,20,21);1H. The molecule has 122 valence electrons. The number of nitrogens with one attached hydrogen (secondary N) is 1. The quantitative estimate of drug-likeness (QED) is 0.448. The molecule has 1 aliphatic carbocycles. The summed E-state index contributed by atoms with van der Waals surface area (Å²) in [6.45, 7) is 0.549. The lowest BCUT2D eigenvalue weighted by atomic mass is 10.1. The van der Waals surface area contributed by atoms with E-state index in [2.05, 4.69) is 28.5 Å². The van der Waals surface area contributed by atoms with Gasteiger partial charge in [0.1, 0.15) is 5.75 Å². The van der Waals surface area contributed by atoms with Crippen molar-refractivity contribution in [3.05, 3.63) is 59.2 Å². The van der Waals surface area contributed by atoms with E-state index < -0.39 is 0 Å². The first kappa shape index (κ1) is 17.6. The van der Waals surface area contributed by atoms with Gasteiger partial charge >= 0.3 is 0 Å². The number of rotatable bonds is 4. The molecule has 0 saturated heterocycles. The second-order valence-corrected chi connectivity index (χ2v) is 5.51. The second kappa shape index (κ2) is 8.19. The zero-order valence-corrected chi connectivity index (χ0v) is 15.5. The summed E-state index contributed by atoms with van der Waals surface area (Å²) in [6, 6.07) is 14.3. The average Bonchev–Trinajstić information content (AvgIpc) is 3.01. The van der Waals surface area contributed by atoms with Crippen LogP contribution in [0.3, 0.4) is 0 Å². The maximum atomic E-state index is 5.97. The molecule has 2 aromatic carbocycles. The maximum Gasteiger partial charge on any atom is 0.193 e. The van der Waals surface area contributed by atoms with Gasteiger partial charge in [0.05, 0.1) is 13.7 Å². The van der Waals surface area contributed by atoms with Crippen LogP contribution in [-0.4, -0.2) is 13.1 Å². The highest BCUT2D eigenvalue weighted by Gasteiger charge is 2.10. The highest BCUT2D eigenvalue weighted by atomic mass is 127. The fourth-order valence-electron chi connectivity index (χ4n) is 2.74. The number of nitrogens with zero attached hydrogens (tertiary/aromatic N) is 1. The normalized spacial score (nSPS) is 13.2. The van der Waals surface area contributed by atoms with E-state index in [1.54, 1.807) is 7.11 Å². The van der Waals surface area contributed by atoms with Crippen molar-refractivity contribution in [2.45, 2.75) is 25.8 Å². The lowest BCUT2D eigenvalue weighted by Crippen LogP contribution is -2.22. The second-order valence-electron chi connectivity index (χ2n) is 5.51. The van der Waals surface area contributed by atoms with Crippen LogP contribution < -0.4 is 15.8 Å². The molecule has 0 aromatic heterocycles. The molecule has 0 atom stereocenters. The number of halogens is 1. The number of hydrogen-bond acceptors (Lipinski definition) is 2. The van der Waals surface area contributed by atoms with Gasteiger partial charge in [-0.3, -0.25) is 0 Å². The zero-order valence-electron chi connectivity index (χ0n) is 13.2. The van der Waals surface area contributed by atoms with Crippen LogP contribution in [0.25, 0.3) is 0 Å². The molecular weight excluding hydrogens is 401 g/mol. The SMILES string of the molecule is COc1ccc(CN=C(N)Nc2ccc3c(c2)CCC3)cc1.I. The summed E-state index contributed by atoms with van der Waals surface area (Å²) in [5, 5.41) is 3.17. The number of guanidine groups is 1. The Morgan fingerprint density at radius 3 is 2.61 bits per heavy atom. The molecule has 0 unspecified atom stereocenters. The summed E-state index contributed by atoms with van der Waals surface area (Å²) >= 11 is 0. The van der Waals surface area contributed by atoms with Gasteiger partial charge in [-0.15, -0.1) is 24.0 Å². The minimum atomic E-state index is 0. The highest BCUT2D eigenvalue weighted by Crippen LogP contribution is 2.24. The molecule has 0 bridgehead atoms. The first-order chi connectivity index (χ1) is 10.7. The number of anilines is 1. The van der Waals surface area contributed by atoms with E-state index in [-0.39, 0.29) is 24.0 Å². The molecule has 0 spiro atoms. The monoisotopic (exact) mass is 423 g/mol. The van der Waals surface area contributed by atoms with Gasteiger partial charge in [0.25, 0.3) is 0 Å². The number of benzene rings is 2. The predicted molar refractivity (Wildman–Crippen MR) is 106 cm³/mol. The minimum absolute atomic E-state index is 0. The Labute approximate surface area is 154 Å². The zero-order chi connectivity index (χ0) is 15.4. The molecule has 4 nitrogen and oxygen atoms in total. The number of nitrogens with two attached hydrogens (primary N) is 1. The molecule has 0 aliphatic heterocycles. The van der Waals surface area contributed by atoms with E-state index in [0.29, 0.717) is 12.5 Å². The van der Waals surface area contributed by atoms with Crippen LogP contribution in [0.1, 0.15) is 23.1 Å². The van der Waals surface area contributed by atoms with Crippen LogP contribution in [-0.2, 0) is 19.4 Å². The van der Waals surface area contributed by atoms with Crippen molar-refractivity contribution in [3.8, 4) is 5.75 Å². The fraction of sp³-hybridized carbons (Fsp3) is 0.278. The van der Waals surface area contributed by atoms with Crippen LogP contribution >= 0.6 is 24.0 Å². The smallest absolute Gasteiger partial charge is 0.193 e. The van der Waals surface area contributed by atoms with Crippen molar-refractivity contribution in [1.29, 1.82) is 0 Å². The van der Waals surface area contributed by atoms with Gasteiger partial charge in [0.15, 0.2) is 5.96 Å². The van der Waals surface area contributed by atoms with E-state index in [0.717, 1.165) is 23.4 Å². The van der Waals surface area contributed by atoms with Crippen molar-refractivity contribution in [2.24, 2.45) is 10.7 Å². The molecule has 0 fully saturated rings. The number of hydrogen-bond donors (Lipinski definition) is 2. The fourth-order valence-corrected chi connectivity index (χ4v) is 2.74. The van der Waals surface area contributed by atoms with E-state index in [1.807, 2.05) is 24.3 Å². The largest absolute Gasteiger partial charge is 0.497 e. The number of methoxy groups -OCH3 is 1. The van der Waals surface area contributed by atoms with Gasteiger partial charge in [-0.05, 0) is 60.2 Å². The summed E-state index contributed by atoms with van der Waals surface area (Å²) in [4.78, 5) is 4.38. The van der Waals surface area contributed by atoms with Gasteiger partial charge in [-0.2, -0.15) is 0 Å². The molecule has 0 heterocycles. The summed E-state index contributed by atoms with van der Waals surface area (Å²) in [5.41, 5.74) is 11.0. The lowest BCUT2D eigenvalue weighted by molar-refractivity contribution is 0.414. The van der Waals surface area contributed by atoms with Crippen molar-refractivity contribution in [1.82, 2.24) is 0 Å². The van der Waals surface area contributed by atoms with Crippen molar-refractivity contribution in [2.75, 3.05) is 12.4 Å². The molecular formula is C18H22IN3O. The van der Waals surface area contributed by atoms with Gasteiger partial charge < -0.3 is 15.8 Å². The first-order valence-corrected chi connectivity index (χ1v) is 7.56. The van der Waals surface area contributed by atoms with Gasteiger partial charge in [0, 0.05) is 5.69 Å². The van der Waals surface area contributed by atoms with E-state index in [9.17, 15) is 0 Å². The topological polar surface area (TPSA) is 59.6 Å². The van der Waals surface area contributed by atoms with E-state index in [4.69, 9.17) is 10.5 Å². The summed E-state index contributed by atoms with van der Waals surface area (Å²) in [6.07, 6.45) is 3.60. The number of fused-ring (bicyclic) bond motifs is 1. The number of aliphatic imine (C=N–C) groups is 1. The van der Waals surface area contributed by atoms with E-state index >= 15 is 0 Å². The van der Waals surface area contributed by atoms with Gasteiger partial charge in [-0.1, -0.05) is 18.2 Å². The van der Waals surface area contributed by atoms with Crippen molar-refractivity contribution < 1.29 is 4.74 Å². The Morgan fingerprint density at radius 2 is 1.87 bits per heavy atom. The predicted octanol–water partition coefficient (Wildman–Crippen LogP) is 3.73. The maximum absolute atomic E-state index is 5.97. The highest BCUT2D eigenvalue weighted by molar-refractivity contribution is 14.0. The Kier molecular flexibility index (Phi) is 6.27. The Morgan fingerprint density at radius 1 is 1.13 bits per heavy atom. The molecule has 2 aromatic rings. The lowest BCUT2D eigenvalue weighted by Gasteiger charge is -2.08.